The van der Waals surface area contributed by atoms with Crippen molar-refractivity contribution in [3.05, 3.63) is 0 Å². The molecule has 0 bridgehead atoms. The Bertz CT molecular complexity index is 253. The number of aliphatic hydroxyl groups is 1. The third-order valence-electron chi connectivity index (χ3n) is 2.19. The molecule has 0 aromatic carbocycles. The summed E-state index contributed by atoms with van der Waals surface area (Å²) in [4.78, 5) is 23.3. The zero-order chi connectivity index (χ0) is 12.8. The molecule has 0 heterocycles. The van der Waals surface area contributed by atoms with Crippen molar-refractivity contribution >= 4 is 12.0 Å². The molecule has 0 spiro atoms. The highest BCUT2D eigenvalue weighted by Gasteiger charge is 2.22. The highest BCUT2D eigenvalue weighted by atomic mass is 16.4. The Morgan fingerprint density at radius 1 is 1.38 bits per heavy atom. The molecule has 0 aromatic heterocycles. The molecule has 0 rings (SSSR count). The third kappa shape index (κ3) is 6.23. The maximum absolute atomic E-state index is 11.5. The van der Waals surface area contributed by atoms with Crippen LogP contribution in [0.25, 0.3) is 0 Å². The molecule has 0 aliphatic rings. The van der Waals surface area contributed by atoms with Crippen molar-refractivity contribution < 1.29 is 19.8 Å². The number of aliphatic carboxylic acids is 1. The summed E-state index contributed by atoms with van der Waals surface area (Å²) in [6.45, 7) is 3.68. The van der Waals surface area contributed by atoms with Gasteiger partial charge in [-0.25, -0.2) is 4.79 Å². The van der Waals surface area contributed by atoms with E-state index < -0.39 is 11.5 Å². The molecule has 0 radical (unpaired) electrons. The number of carbonyl (C=O) groups excluding carboxylic acids is 1. The van der Waals surface area contributed by atoms with Gasteiger partial charge in [0.1, 0.15) is 0 Å². The van der Waals surface area contributed by atoms with Crippen LogP contribution in [0.15, 0.2) is 0 Å². The zero-order valence-corrected chi connectivity index (χ0v) is 9.99. The van der Waals surface area contributed by atoms with Gasteiger partial charge in [0.05, 0.1) is 6.61 Å². The number of hydrogen-bond donors (Lipinski definition) is 3. The fourth-order valence-electron chi connectivity index (χ4n) is 1.12. The lowest BCUT2D eigenvalue weighted by Crippen LogP contribution is -2.49. The van der Waals surface area contributed by atoms with Crippen LogP contribution in [0, 0.1) is 0 Å². The number of rotatable bonds is 6. The SMILES string of the molecule is CN(CCO)C(=O)NC(C)(C)CCC(=O)O. The summed E-state index contributed by atoms with van der Waals surface area (Å²) in [6.07, 6.45) is 0.373. The van der Waals surface area contributed by atoms with Crippen LogP contribution in [0.1, 0.15) is 26.7 Å². The molecule has 0 saturated heterocycles. The normalized spacial score (nSPS) is 11.0. The Hall–Kier alpha value is -1.30. The van der Waals surface area contributed by atoms with Crippen LogP contribution in [-0.2, 0) is 4.79 Å². The van der Waals surface area contributed by atoms with Gasteiger partial charge < -0.3 is 20.4 Å². The summed E-state index contributed by atoms with van der Waals surface area (Å²) in [5, 5.41) is 19.9. The van der Waals surface area contributed by atoms with Crippen molar-refractivity contribution in [3.63, 3.8) is 0 Å². The Labute approximate surface area is 95.2 Å². The van der Waals surface area contributed by atoms with Gasteiger partial charge in [-0.3, -0.25) is 4.79 Å². The first kappa shape index (κ1) is 14.7. The number of aliphatic hydroxyl groups excluding tert-OH is 1. The first-order valence-electron chi connectivity index (χ1n) is 5.14. The molecule has 0 aromatic rings. The van der Waals surface area contributed by atoms with E-state index >= 15 is 0 Å². The molecular formula is C10H20N2O4. The van der Waals surface area contributed by atoms with Crippen molar-refractivity contribution in [1.82, 2.24) is 10.2 Å². The molecule has 0 fully saturated rings. The van der Waals surface area contributed by atoms with Gasteiger partial charge in [0.2, 0.25) is 0 Å². The average molecular weight is 232 g/mol. The van der Waals surface area contributed by atoms with Crippen LogP contribution in [0.2, 0.25) is 0 Å². The molecule has 6 heteroatoms. The maximum atomic E-state index is 11.5. The molecule has 0 aliphatic carbocycles. The Kier molecular flexibility index (Phi) is 5.81. The Morgan fingerprint density at radius 2 is 1.94 bits per heavy atom. The van der Waals surface area contributed by atoms with Crippen molar-refractivity contribution in [2.45, 2.75) is 32.2 Å². The predicted molar refractivity (Wildman–Crippen MR) is 59.2 cm³/mol. The van der Waals surface area contributed by atoms with E-state index in [9.17, 15) is 9.59 Å². The van der Waals surface area contributed by atoms with Gasteiger partial charge in [0, 0.05) is 25.6 Å². The molecule has 2 amide bonds. The number of carbonyl (C=O) groups is 2. The van der Waals surface area contributed by atoms with Crippen LogP contribution >= 0.6 is 0 Å². The summed E-state index contributed by atoms with van der Waals surface area (Å²) < 4.78 is 0. The molecule has 16 heavy (non-hydrogen) atoms. The van der Waals surface area contributed by atoms with Crippen LogP contribution in [0.5, 0.6) is 0 Å². The quantitative estimate of drug-likeness (QED) is 0.613. The first-order chi connectivity index (χ1) is 7.28. The lowest BCUT2D eigenvalue weighted by Gasteiger charge is -2.28. The van der Waals surface area contributed by atoms with Gasteiger partial charge in [0.25, 0.3) is 0 Å². The molecule has 3 N–H and O–H groups in total. The largest absolute Gasteiger partial charge is 0.481 e. The van der Waals surface area contributed by atoms with Crippen LogP contribution in [0.3, 0.4) is 0 Å². The van der Waals surface area contributed by atoms with Crippen molar-refractivity contribution in [2.24, 2.45) is 0 Å². The fourth-order valence-corrected chi connectivity index (χ4v) is 1.12. The Morgan fingerprint density at radius 3 is 2.38 bits per heavy atom. The number of carboxylic acids is 1. The molecule has 0 unspecified atom stereocenters. The number of urea groups is 1. The molecule has 0 atom stereocenters. The van der Waals surface area contributed by atoms with Gasteiger partial charge >= 0.3 is 12.0 Å². The third-order valence-corrected chi connectivity index (χ3v) is 2.19. The van der Waals surface area contributed by atoms with E-state index in [1.165, 1.54) is 4.90 Å². The maximum Gasteiger partial charge on any atom is 0.317 e. The number of hydrogen-bond acceptors (Lipinski definition) is 3. The highest BCUT2D eigenvalue weighted by Crippen LogP contribution is 2.11. The van der Waals surface area contributed by atoms with E-state index in [0.717, 1.165) is 0 Å². The fraction of sp³-hybridized carbons (Fsp3) is 0.800. The first-order valence-corrected chi connectivity index (χ1v) is 5.14. The summed E-state index contributed by atoms with van der Waals surface area (Å²) in [7, 11) is 1.57. The summed E-state index contributed by atoms with van der Waals surface area (Å²) >= 11 is 0. The second-order valence-corrected chi connectivity index (χ2v) is 4.35. The minimum atomic E-state index is -0.883. The van der Waals surface area contributed by atoms with Crippen LogP contribution in [0.4, 0.5) is 4.79 Å². The smallest absolute Gasteiger partial charge is 0.317 e. The molecular weight excluding hydrogens is 212 g/mol. The summed E-state index contributed by atoms with van der Waals surface area (Å²) in [6, 6.07) is -0.315. The molecule has 0 aliphatic heterocycles. The van der Waals surface area contributed by atoms with Crippen molar-refractivity contribution in [2.75, 3.05) is 20.2 Å². The molecule has 6 nitrogen and oxygen atoms in total. The Balaban J connectivity index is 4.13. The number of amides is 2. The zero-order valence-electron chi connectivity index (χ0n) is 9.99. The van der Waals surface area contributed by atoms with Crippen molar-refractivity contribution in [3.8, 4) is 0 Å². The topological polar surface area (TPSA) is 89.9 Å². The van der Waals surface area contributed by atoms with Gasteiger partial charge in [-0.15, -0.1) is 0 Å². The highest BCUT2D eigenvalue weighted by molar-refractivity contribution is 5.74. The molecule has 0 saturated carbocycles. The molecule has 94 valence electrons. The monoisotopic (exact) mass is 232 g/mol. The predicted octanol–water partition coefficient (Wildman–Crippen LogP) is 0.263. The van der Waals surface area contributed by atoms with Gasteiger partial charge in [-0.05, 0) is 20.3 Å². The van der Waals surface area contributed by atoms with Crippen LogP contribution in [-0.4, -0.2) is 52.9 Å². The lowest BCUT2D eigenvalue weighted by atomic mass is 9.99. The van der Waals surface area contributed by atoms with Crippen molar-refractivity contribution in [1.29, 1.82) is 0 Å². The summed E-state index contributed by atoms with van der Waals surface area (Å²) in [5.74, 6) is -0.883. The summed E-state index contributed by atoms with van der Waals surface area (Å²) in [5.41, 5.74) is -0.570. The van der Waals surface area contributed by atoms with Gasteiger partial charge in [0.15, 0.2) is 0 Å². The number of likely N-dealkylation sites (N-methyl/N-ethyl adjacent to an activating group) is 1. The van der Waals surface area contributed by atoms with E-state index in [1.54, 1.807) is 20.9 Å². The second kappa shape index (κ2) is 6.32. The number of carboxylic acid groups (broad SMARTS) is 1. The standard InChI is InChI=1S/C10H20N2O4/c1-10(2,5-4-8(14)15)11-9(16)12(3)6-7-13/h13H,4-7H2,1-3H3,(H,11,16)(H,14,15). The number of nitrogens with one attached hydrogen (secondary N) is 1. The second-order valence-electron chi connectivity index (χ2n) is 4.35. The van der Waals surface area contributed by atoms with Crippen LogP contribution < -0.4 is 5.32 Å². The van der Waals surface area contributed by atoms with E-state index in [0.29, 0.717) is 6.42 Å². The van der Waals surface area contributed by atoms with E-state index in [1.807, 2.05) is 0 Å². The van der Waals surface area contributed by atoms with E-state index in [2.05, 4.69) is 5.32 Å². The minimum Gasteiger partial charge on any atom is -0.481 e. The average Bonchev–Trinajstić information content (AvgIpc) is 2.14. The number of nitrogens with zero attached hydrogens (tertiary/aromatic N) is 1. The van der Waals surface area contributed by atoms with Gasteiger partial charge in [-0.2, -0.15) is 0 Å². The van der Waals surface area contributed by atoms with Gasteiger partial charge in [-0.1, -0.05) is 0 Å². The minimum absolute atomic E-state index is 0.0109. The van der Waals surface area contributed by atoms with E-state index in [-0.39, 0.29) is 25.6 Å². The van der Waals surface area contributed by atoms with E-state index in [4.69, 9.17) is 10.2 Å². The lowest BCUT2D eigenvalue weighted by molar-refractivity contribution is -0.137.